The van der Waals surface area contributed by atoms with Gasteiger partial charge in [0.1, 0.15) is 0 Å². The molecule has 1 fully saturated rings. The molecule has 1 aromatic carbocycles. The zero-order chi connectivity index (χ0) is 18.6. The number of carbonyl (C=O) groups excluding carboxylic acids is 1. The van der Waals surface area contributed by atoms with Crippen molar-refractivity contribution in [1.82, 2.24) is 4.90 Å². The van der Waals surface area contributed by atoms with Crippen LogP contribution < -0.4 is 0 Å². The van der Waals surface area contributed by atoms with Crippen molar-refractivity contribution in [3.05, 3.63) is 35.4 Å². The first-order valence-corrected chi connectivity index (χ1v) is 9.31. The van der Waals surface area contributed by atoms with Gasteiger partial charge >= 0.3 is 5.97 Å². The van der Waals surface area contributed by atoms with E-state index in [1.807, 2.05) is 30.9 Å². The molecule has 2 rings (SSSR count). The average molecular weight is 345 g/mol. The van der Waals surface area contributed by atoms with Gasteiger partial charge in [0.25, 0.3) is 0 Å². The second-order valence-electron chi connectivity index (χ2n) is 8.38. The quantitative estimate of drug-likeness (QED) is 0.839. The van der Waals surface area contributed by atoms with E-state index in [0.717, 1.165) is 44.3 Å². The van der Waals surface area contributed by atoms with E-state index in [0.29, 0.717) is 17.4 Å². The van der Waals surface area contributed by atoms with Crippen molar-refractivity contribution in [2.24, 2.45) is 17.3 Å². The van der Waals surface area contributed by atoms with Crippen molar-refractivity contribution in [3.8, 4) is 0 Å². The third-order valence-corrected chi connectivity index (χ3v) is 5.16. The van der Waals surface area contributed by atoms with Gasteiger partial charge < -0.3 is 10.0 Å². The first kappa shape index (κ1) is 19.5. The Morgan fingerprint density at radius 2 is 1.80 bits per heavy atom. The van der Waals surface area contributed by atoms with Gasteiger partial charge in [-0.1, -0.05) is 45.9 Å². The van der Waals surface area contributed by atoms with Crippen LogP contribution in [0.5, 0.6) is 0 Å². The minimum Gasteiger partial charge on any atom is -0.478 e. The average Bonchev–Trinajstić information content (AvgIpc) is 2.54. The molecule has 1 aliphatic rings. The Morgan fingerprint density at radius 3 is 2.36 bits per heavy atom. The van der Waals surface area contributed by atoms with Gasteiger partial charge in [0, 0.05) is 18.5 Å². The van der Waals surface area contributed by atoms with Crippen molar-refractivity contribution in [3.63, 3.8) is 0 Å². The number of hydrogen-bond donors (Lipinski definition) is 1. The molecule has 1 heterocycles. The summed E-state index contributed by atoms with van der Waals surface area (Å²) in [6.45, 7) is 9.96. The zero-order valence-corrected chi connectivity index (χ0v) is 15.9. The van der Waals surface area contributed by atoms with E-state index in [2.05, 4.69) is 13.8 Å². The number of carboxylic acids is 1. The fraction of sp³-hybridized carbons (Fsp3) is 0.619. The lowest BCUT2D eigenvalue weighted by Gasteiger charge is -2.37. The summed E-state index contributed by atoms with van der Waals surface area (Å²) in [5.41, 5.74) is 0.996. The molecule has 1 aromatic rings. The molecule has 1 saturated heterocycles. The van der Waals surface area contributed by atoms with Crippen LogP contribution >= 0.6 is 0 Å². The summed E-state index contributed by atoms with van der Waals surface area (Å²) in [5, 5.41) is 9.32. The molecule has 4 heteroatoms. The topological polar surface area (TPSA) is 57.6 Å². The number of amides is 1. The van der Waals surface area contributed by atoms with E-state index in [4.69, 9.17) is 0 Å². The van der Waals surface area contributed by atoms with Crippen LogP contribution in [-0.2, 0) is 11.2 Å². The summed E-state index contributed by atoms with van der Waals surface area (Å²) < 4.78 is 0. The summed E-state index contributed by atoms with van der Waals surface area (Å²) in [7, 11) is 0. The molecule has 0 radical (unpaired) electrons. The summed E-state index contributed by atoms with van der Waals surface area (Å²) in [5.74, 6) is 0.339. The van der Waals surface area contributed by atoms with Crippen LogP contribution in [0.4, 0.5) is 0 Å². The third-order valence-electron chi connectivity index (χ3n) is 5.16. The van der Waals surface area contributed by atoms with Crippen molar-refractivity contribution < 1.29 is 14.7 Å². The number of hydrogen-bond acceptors (Lipinski definition) is 2. The Balaban J connectivity index is 1.94. The smallest absolute Gasteiger partial charge is 0.335 e. The van der Waals surface area contributed by atoms with Crippen molar-refractivity contribution >= 4 is 11.9 Å². The van der Waals surface area contributed by atoms with Crippen molar-refractivity contribution in [1.29, 1.82) is 0 Å². The maximum atomic E-state index is 12.8. The Kier molecular flexibility index (Phi) is 6.26. The van der Waals surface area contributed by atoms with Gasteiger partial charge in [0.2, 0.25) is 5.91 Å². The Hall–Kier alpha value is -1.84. The first-order chi connectivity index (χ1) is 11.7. The molecule has 1 amide bonds. The Labute approximate surface area is 151 Å². The van der Waals surface area contributed by atoms with Gasteiger partial charge in [-0.2, -0.15) is 0 Å². The highest BCUT2D eigenvalue weighted by Gasteiger charge is 2.34. The number of carbonyl (C=O) groups is 2. The number of nitrogens with zero attached hydrogens (tertiary/aromatic N) is 1. The van der Waals surface area contributed by atoms with Crippen LogP contribution in [0, 0.1) is 17.3 Å². The van der Waals surface area contributed by atoms with E-state index in [1.165, 1.54) is 0 Å². The normalized spacial score (nSPS) is 16.3. The fourth-order valence-corrected chi connectivity index (χ4v) is 4.09. The first-order valence-electron chi connectivity index (χ1n) is 9.31. The molecule has 25 heavy (non-hydrogen) atoms. The highest BCUT2D eigenvalue weighted by molar-refractivity contribution is 5.89. The summed E-state index contributed by atoms with van der Waals surface area (Å²) in [6, 6.07) is 7.25. The third kappa shape index (κ3) is 5.07. The van der Waals surface area contributed by atoms with Gasteiger partial charge in [0.15, 0.2) is 0 Å². The number of piperidine rings is 1. The lowest BCUT2D eigenvalue weighted by molar-refractivity contribution is -0.142. The predicted molar refractivity (Wildman–Crippen MR) is 99.6 cm³/mol. The molecule has 4 nitrogen and oxygen atoms in total. The molecule has 0 spiro atoms. The van der Waals surface area contributed by atoms with E-state index in [-0.39, 0.29) is 11.3 Å². The fourth-order valence-electron chi connectivity index (χ4n) is 4.09. The maximum absolute atomic E-state index is 12.8. The largest absolute Gasteiger partial charge is 0.478 e. The SMILES string of the molecule is CC(C)CC(C)(C)C(=O)N1CCC(Cc2ccccc2C(=O)O)CC1. The highest BCUT2D eigenvalue weighted by Crippen LogP contribution is 2.31. The minimum atomic E-state index is -0.862. The Bertz CT molecular complexity index is 613. The molecule has 0 aliphatic carbocycles. The predicted octanol–water partition coefficient (Wildman–Crippen LogP) is 4.24. The molecule has 0 aromatic heterocycles. The van der Waals surface area contributed by atoms with Crippen molar-refractivity contribution in [2.75, 3.05) is 13.1 Å². The van der Waals surface area contributed by atoms with Crippen LogP contribution in [0.2, 0.25) is 0 Å². The minimum absolute atomic E-state index is 0.255. The monoisotopic (exact) mass is 345 g/mol. The van der Waals surface area contributed by atoms with Gasteiger partial charge in [-0.3, -0.25) is 4.79 Å². The summed E-state index contributed by atoms with van der Waals surface area (Å²) >= 11 is 0. The summed E-state index contributed by atoms with van der Waals surface area (Å²) in [4.78, 5) is 26.2. The number of aromatic carboxylic acids is 1. The molecule has 0 bridgehead atoms. The molecular weight excluding hydrogens is 314 g/mol. The van der Waals surface area contributed by atoms with Crippen LogP contribution in [0.1, 0.15) is 62.9 Å². The van der Waals surface area contributed by atoms with Crippen LogP contribution in [0.25, 0.3) is 0 Å². The lowest BCUT2D eigenvalue weighted by atomic mass is 9.81. The molecular formula is C21H31NO3. The lowest BCUT2D eigenvalue weighted by Crippen LogP contribution is -2.45. The summed E-state index contributed by atoms with van der Waals surface area (Å²) in [6.07, 6.45) is 3.56. The standard InChI is InChI=1S/C21H31NO3/c1-15(2)14-21(3,4)20(25)22-11-9-16(10-12-22)13-17-7-5-6-8-18(17)19(23)24/h5-8,15-16H,9-14H2,1-4H3,(H,23,24). The number of carboxylic acid groups (broad SMARTS) is 1. The maximum Gasteiger partial charge on any atom is 0.335 e. The van der Waals surface area contributed by atoms with Crippen molar-refractivity contribution in [2.45, 2.75) is 53.4 Å². The number of likely N-dealkylation sites (tertiary alicyclic amines) is 1. The van der Waals surface area contributed by atoms with E-state index < -0.39 is 5.97 Å². The number of benzene rings is 1. The van der Waals surface area contributed by atoms with Crippen LogP contribution in [-0.4, -0.2) is 35.0 Å². The van der Waals surface area contributed by atoms with Crippen LogP contribution in [0.15, 0.2) is 24.3 Å². The molecule has 1 aliphatic heterocycles. The molecule has 138 valence electrons. The van der Waals surface area contributed by atoms with Gasteiger partial charge in [0.05, 0.1) is 5.56 Å². The van der Waals surface area contributed by atoms with E-state index in [1.54, 1.807) is 12.1 Å². The van der Waals surface area contributed by atoms with Crippen LogP contribution in [0.3, 0.4) is 0 Å². The van der Waals surface area contributed by atoms with Gasteiger partial charge in [-0.15, -0.1) is 0 Å². The van der Waals surface area contributed by atoms with E-state index in [9.17, 15) is 14.7 Å². The second kappa shape index (κ2) is 8.03. The molecule has 0 atom stereocenters. The van der Waals surface area contributed by atoms with Gasteiger partial charge in [-0.05, 0) is 49.1 Å². The molecule has 1 N–H and O–H groups in total. The molecule has 0 saturated carbocycles. The van der Waals surface area contributed by atoms with Gasteiger partial charge in [-0.25, -0.2) is 4.79 Å². The second-order valence-corrected chi connectivity index (χ2v) is 8.38. The molecule has 0 unspecified atom stereocenters. The Morgan fingerprint density at radius 1 is 1.20 bits per heavy atom. The van der Waals surface area contributed by atoms with E-state index >= 15 is 0 Å². The highest BCUT2D eigenvalue weighted by atomic mass is 16.4. The number of rotatable bonds is 6. The zero-order valence-electron chi connectivity index (χ0n) is 15.9.